The van der Waals surface area contributed by atoms with Gasteiger partial charge in [0.2, 0.25) is 5.91 Å². The van der Waals surface area contributed by atoms with Crippen molar-refractivity contribution in [3.05, 3.63) is 65.0 Å². The maximum atomic E-state index is 13.0. The molecule has 0 radical (unpaired) electrons. The maximum Gasteiger partial charge on any atom is 0.222 e. The zero-order valence-electron chi connectivity index (χ0n) is 21.7. The van der Waals surface area contributed by atoms with Crippen molar-refractivity contribution in [2.75, 3.05) is 31.1 Å². The van der Waals surface area contributed by atoms with E-state index in [0.29, 0.717) is 18.8 Å². The largest absolute Gasteiger partial charge is 0.355 e. The van der Waals surface area contributed by atoms with Crippen LogP contribution in [0.15, 0.2) is 42.5 Å². The van der Waals surface area contributed by atoms with Gasteiger partial charge in [0.05, 0.1) is 5.69 Å². The van der Waals surface area contributed by atoms with Crippen LogP contribution < -0.4 is 4.90 Å². The molecule has 190 valence electrons. The number of aromatic nitrogens is 4. The molecule has 0 atom stereocenters. The molecule has 4 heterocycles. The van der Waals surface area contributed by atoms with Crippen molar-refractivity contribution >= 4 is 11.7 Å². The molecule has 36 heavy (non-hydrogen) atoms. The fourth-order valence-electron chi connectivity index (χ4n) is 5.71. The standard InChI is InChI=1S/C29H38N6O/c1-22-26(11-14-29(36)34-19-15-25(16-20-34)21-24-9-5-3-6-10-24)23(2)35(32-22)28-13-12-27(30-31-28)33-17-7-4-8-18-33/h3,5-6,9-10,12-13,25H,4,7-8,11,14-21H2,1-2H3. The van der Waals surface area contributed by atoms with Crippen molar-refractivity contribution < 1.29 is 4.79 Å². The molecule has 5 rings (SSSR count). The van der Waals surface area contributed by atoms with Crippen molar-refractivity contribution in [2.45, 2.75) is 65.2 Å². The van der Waals surface area contributed by atoms with E-state index in [9.17, 15) is 4.79 Å². The number of carbonyl (C=O) groups is 1. The van der Waals surface area contributed by atoms with Crippen molar-refractivity contribution in [2.24, 2.45) is 5.92 Å². The zero-order chi connectivity index (χ0) is 24.9. The van der Waals surface area contributed by atoms with Gasteiger partial charge in [-0.1, -0.05) is 30.3 Å². The van der Waals surface area contributed by atoms with Gasteiger partial charge in [-0.15, -0.1) is 10.2 Å². The highest BCUT2D eigenvalue weighted by Crippen LogP contribution is 2.24. The summed E-state index contributed by atoms with van der Waals surface area (Å²) < 4.78 is 1.87. The molecule has 1 aromatic carbocycles. The second-order valence-corrected chi connectivity index (χ2v) is 10.4. The Morgan fingerprint density at radius 3 is 2.28 bits per heavy atom. The molecule has 2 saturated heterocycles. The highest BCUT2D eigenvalue weighted by atomic mass is 16.2. The summed E-state index contributed by atoms with van der Waals surface area (Å²) in [7, 11) is 0. The van der Waals surface area contributed by atoms with Gasteiger partial charge in [0.1, 0.15) is 0 Å². The Morgan fingerprint density at radius 1 is 0.889 bits per heavy atom. The predicted octanol–water partition coefficient (Wildman–Crippen LogP) is 4.68. The first-order valence-corrected chi connectivity index (χ1v) is 13.5. The van der Waals surface area contributed by atoms with Gasteiger partial charge in [-0.2, -0.15) is 5.10 Å². The van der Waals surface area contributed by atoms with E-state index in [1.54, 1.807) is 0 Å². The van der Waals surface area contributed by atoms with E-state index in [0.717, 1.165) is 74.0 Å². The minimum atomic E-state index is 0.255. The van der Waals surface area contributed by atoms with Crippen LogP contribution >= 0.6 is 0 Å². The van der Waals surface area contributed by atoms with Gasteiger partial charge in [-0.25, -0.2) is 4.68 Å². The van der Waals surface area contributed by atoms with Crippen LogP contribution in [-0.2, 0) is 17.6 Å². The number of rotatable bonds is 7. The van der Waals surface area contributed by atoms with E-state index in [2.05, 4.69) is 63.3 Å². The van der Waals surface area contributed by atoms with E-state index in [1.165, 1.54) is 24.8 Å². The third kappa shape index (κ3) is 5.61. The normalized spacial score (nSPS) is 16.9. The summed E-state index contributed by atoms with van der Waals surface area (Å²) in [5.41, 5.74) is 4.55. The number of aryl methyl sites for hydroxylation is 1. The number of amides is 1. The summed E-state index contributed by atoms with van der Waals surface area (Å²) in [6.45, 7) is 7.93. The average molecular weight is 487 g/mol. The van der Waals surface area contributed by atoms with Crippen LogP contribution in [0.5, 0.6) is 0 Å². The molecule has 0 spiro atoms. The summed E-state index contributed by atoms with van der Waals surface area (Å²) in [6.07, 6.45) is 8.25. The van der Waals surface area contributed by atoms with Crippen LogP contribution in [0.4, 0.5) is 5.82 Å². The quantitative estimate of drug-likeness (QED) is 0.485. The lowest BCUT2D eigenvalue weighted by atomic mass is 9.90. The van der Waals surface area contributed by atoms with E-state index < -0.39 is 0 Å². The Kier molecular flexibility index (Phi) is 7.63. The maximum absolute atomic E-state index is 13.0. The van der Waals surface area contributed by atoms with Crippen LogP contribution in [0, 0.1) is 19.8 Å². The molecule has 0 saturated carbocycles. The Hall–Kier alpha value is -3.22. The van der Waals surface area contributed by atoms with Crippen LogP contribution in [0.3, 0.4) is 0 Å². The fraction of sp³-hybridized carbons (Fsp3) is 0.517. The molecule has 7 heteroatoms. The average Bonchev–Trinajstić information content (AvgIpc) is 3.21. The molecular weight excluding hydrogens is 448 g/mol. The summed E-state index contributed by atoms with van der Waals surface area (Å²) in [6, 6.07) is 14.7. The van der Waals surface area contributed by atoms with E-state index in [4.69, 9.17) is 5.10 Å². The summed E-state index contributed by atoms with van der Waals surface area (Å²) in [5, 5.41) is 13.7. The third-order valence-electron chi connectivity index (χ3n) is 7.90. The van der Waals surface area contributed by atoms with Gasteiger partial charge in [0, 0.05) is 38.3 Å². The zero-order valence-corrected chi connectivity index (χ0v) is 21.7. The van der Waals surface area contributed by atoms with Gasteiger partial charge >= 0.3 is 0 Å². The first kappa shape index (κ1) is 24.5. The lowest BCUT2D eigenvalue weighted by Crippen LogP contribution is -2.39. The summed E-state index contributed by atoms with van der Waals surface area (Å²) in [5.74, 6) is 2.60. The number of nitrogens with zero attached hydrogens (tertiary/aromatic N) is 6. The monoisotopic (exact) mass is 486 g/mol. The first-order valence-electron chi connectivity index (χ1n) is 13.5. The van der Waals surface area contributed by atoms with Gasteiger partial charge < -0.3 is 9.80 Å². The van der Waals surface area contributed by atoms with E-state index in [1.807, 2.05) is 17.7 Å². The lowest BCUT2D eigenvalue weighted by Gasteiger charge is -2.32. The molecule has 7 nitrogen and oxygen atoms in total. The fourth-order valence-corrected chi connectivity index (χ4v) is 5.71. The molecule has 2 aromatic heterocycles. The van der Waals surface area contributed by atoms with Gasteiger partial charge in [0.25, 0.3) is 0 Å². The molecule has 0 N–H and O–H groups in total. The molecule has 2 aliphatic rings. The Labute approximate surface area is 214 Å². The smallest absolute Gasteiger partial charge is 0.222 e. The van der Waals surface area contributed by atoms with Crippen molar-refractivity contribution in [1.82, 2.24) is 24.9 Å². The molecule has 0 bridgehead atoms. The minimum Gasteiger partial charge on any atom is -0.355 e. The first-order chi connectivity index (χ1) is 17.6. The van der Waals surface area contributed by atoms with Crippen molar-refractivity contribution in [1.29, 1.82) is 0 Å². The Morgan fingerprint density at radius 2 is 1.58 bits per heavy atom. The Balaban J connectivity index is 1.15. The molecular formula is C29H38N6O. The van der Waals surface area contributed by atoms with Gasteiger partial charge in [0.15, 0.2) is 11.6 Å². The summed E-state index contributed by atoms with van der Waals surface area (Å²) >= 11 is 0. The lowest BCUT2D eigenvalue weighted by molar-refractivity contribution is -0.132. The molecule has 0 unspecified atom stereocenters. The second kappa shape index (κ2) is 11.2. The van der Waals surface area contributed by atoms with E-state index >= 15 is 0 Å². The van der Waals surface area contributed by atoms with Crippen molar-refractivity contribution in [3.8, 4) is 5.82 Å². The topological polar surface area (TPSA) is 67.2 Å². The molecule has 0 aliphatic carbocycles. The highest BCUT2D eigenvalue weighted by molar-refractivity contribution is 5.76. The van der Waals surface area contributed by atoms with Crippen LogP contribution in [0.25, 0.3) is 5.82 Å². The second-order valence-electron chi connectivity index (χ2n) is 10.4. The summed E-state index contributed by atoms with van der Waals surface area (Å²) in [4.78, 5) is 17.4. The number of carbonyl (C=O) groups excluding carboxylic acids is 1. The number of hydrogen-bond acceptors (Lipinski definition) is 5. The molecule has 1 amide bonds. The van der Waals surface area contributed by atoms with Gasteiger partial charge in [-0.3, -0.25) is 4.79 Å². The van der Waals surface area contributed by atoms with Gasteiger partial charge in [-0.05, 0) is 88.0 Å². The minimum absolute atomic E-state index is 0.255. The highest BCUT2D eigenvalue weighted by Gasteiger charge is 2.24. The van der Waals surface area contributed by atoms with Crippen LogP contribution in [0.1, 0.15) is 61.0 Å². The molecule has 3 aromatic rings. The Bertz CT molecular complexity index is 1140. The predicted molar refractivity (Wildman–Crippen MR) is 142 cm³/mol. The molecule has 2 fully saturated rings. The van der Waals surface area contributed by atoms with Crippen molar-refractivity contribution in [3.63, 3.8) is 0 Å². The number of anilines is 1. The number of likely N-dealkylation sites (tertiary alicyclic amines) is 1. The molecule has 2 aliphatic heterocycles. The SMILES string of the molecule is Cc1nn(-c2ccc(N3CCCCC3)nn2)c(C)c1CCC(=O)N1CCC(Cc2ccccc2)CC1. The van der Waals surface area contributed by atoms with Crippen LogP contribution in [-0.4, -0.2) is 57.0 Å². The number of piperidine rings is 2. The van der Waals surface area contributed by atoms with E-state index in [-0.39, 0.29) is 5.91 Å². The van der Waals surface area contributed by atoms with Crippen LogP contribution in [0.2, 0.25) is 0 Å². The number of hydrogen-bond donors (Lipinski definition) is 0. The number of benzene rings is 1. The third-order valence-corrected chi connectivity index (χ3v) is 7.90.